The zero-order valence-corrected chi connectivity index (χ0v) is 16.4. The Morgan fingerprint density at radius 1 is 1.10 bits per heavy atom. The van der Waals surface area contributed by atoms with Gasteiger partial charge in [0.2, 0.25) is 0 Å². The van der Waals surface area contributed by atoms with Crippen molar-refractivity contribution in [3.8, 4) is 0 Å². The Labute approximate surface area is 149 Å². The van der Waals surface area contributed by atoms with Gasteiger partial charge >= 0.3 is 29.6 Å². The molecule has 0 saturated carbocycles. The maximum atomic E-state index is 11.9. The maximum absolute atomic E-state index is 11.9. The average molecular weight is 395 g/mol. The molecule has 0 atom stereocenters. The van der Waals surface area contributed by atoms with Crippen molar-refractivity contribution in [3.63, 3.8) is 0 Å². The van der Waals surface area contributed by atoms with E-state index in [-0.39, 0.29) is 46.6 Å². The number of aryl methyl sites for hydroxylation is 2. The molecule has 1 aromatic rings. The molecule has 1 aromatic carbocycles. The first-order chi connectivity index (χ1) is 8.59. The van der Waals surface area contributed by atoms with E-state index in [0.717, 1.165) is 6.07 Å². The Kier molecular flexibility index (Phi) is 7.88. The van der Waals surface area contributed by atoms with Crippen LogP contribution in [0.4, 0.5) is 0 Å². The van der Waals surface area contributed by atoms with Gasteiger partial charge in [-0.2, -0.15) is 8.42 Å². The van der Waals surface area contributed by atoms with Gasteiger partial charge in [-0.05, 0) is 31.0 Å². The van der Waals surface area contributed by atoms with Crippen molar-refractivity contribution in [2.75, 3.05) is 11.9 Å². The van der Waals surface area contributed by atoms with Gasteiger partial charge in [0, 0.05) is 5.33 Å². The first kappa shape index (κ1) is 20.5. The molecule has 0 heterocycles. The molecule has 0 N–H and O–H groups in total. The predicted octanol–water partition coefficient (Wildman–Crippen LogP) is -1.69. The first-order valence-electron chi connectivity index (χ1n) is 5.12. The summed E-state index contributed by atoms with van der Waals surface area (Å²) in [5.41, 5.74) is 0.520. The van der Waals surface area contributed by atoms with Crippen LogP contribution in [-0.2, 0) is 24.4 Å². The molecule has 0 amide bonds. The number of alkyl halides is 1. The molecule has 0 aliphatic carbocycles. The van der Waals surface area contributed by atoms with E-state index in [2.05, 4.69) is 20.1 Å². The largest absolute Gasteiger partial charge is 1.00 e. The smallest absolute Gasteiger partial charge is 0.744 e. The van der Waals surface area contributed by atoms with Gasteiger partial charge in [0.05, 0.1) is 16.4 Å². The van der Waals surface area contributed by atoms with Gasteiger partial charge in [-0.15, -0.1) is 0 Å². The van der Waals surface area contributed by atoms with Gasteiger partial charge in [0.25, 0.3) is 10.1 Å². The molecule has 6 nitrogen and oxygen atoms in total. The molecule has 20 heavy (non-hydrogen) atoms. The Balaban J connectivity index is 0.00000361. The number of hydrogen-bond donors (Lipinski definition) is 0. The van der Waals surface area contributed by atoms with Gasteiger partial charge in [-0.25, -0.2) is 8.42 Å². The molecule has 1 rings (SSSR count). The number of benzene rings is 1. The molecule has 0 spiro atoms. The summed E-state index contributed by atoms with van der Waals surface area (Å²) in [5, 5.41) is 0.309. The SMILES string of the molecule is Cc1cc(C)c(S(=O)(=O)OCCBr)cc1S(=O)(=O)[O-].[Na+]. The summed E-state index contributed by atoms with van der Waals surface area (Å²) in [5.74, 6) is 0. The topological polar surface area (TPSA) is 101 Å². The van der Waals surface area contributed by atoms with E-state index in [9.17, 15) is 21.4 Å². The molecule has 0 aliphatic rings. The molecule has 10 heteroatoms. The van der Waals surface area contributed by atoms with Crippen LogP contribution >= 0.6 is 15.9 Å². The van der Waals surface area contributed by atoms with Crippen LogP contribution in [0, 0.1) is 13.8 Å². The standard InChI is InChI=1S/C10H13BrO6S2.Na/c1-7-5-8(2)10(6-9(7)18(12,13)14)19(15,16)17-4-3-11;/h5-6H,3-4H2,1-2H3,(H,12,13,14);/q;+1/p-1. The molecule has 0 radical (unpaired) electrons. The Morgan fingerprint density at radius 3 is 2.05 bits per heavy atom. The van der Waals surface area contributed by atoms with Crippen LogP contribution in [0.5, 0.6) is 0 Å². The predicted molar refractivity (Wildman–Crippen MR) is 70.8 cm³/mol. The zero-order chi connectivity index (χ0) is 14.8. The second kappa shape index (κ2) is 7.68. The first-order valence-corrected chi connectivity index (χ1v) is 9.06. The van der Waals surface area contributed by atoms with Gasteiger partial charge in [-0.1, -0.05) is 22.0 Å². The molecule has 0 aromatic heterocycles. The minimum absolute atomic E-state index is 0. The second-order valence-corrected chi connectivity index (χ2v) is 7.53. The summed E-state index contributed by atoms with van der Waals surface area (Å²) in [7, 11) is -8.82. The van der Waals surface area contributed by atoms with Crippen molar-refractivity contribution in [2.45, 2.75) is 23.6 Å². The molecule has 0 unspecified atom stereocenters. The Bertz CT molecular complexity index is 684. The van der Waals surface area contributed by atoms with Crippen LogP contribution in [0.25, 0.3) is 0 Å². The van der Waals surface area contributed by atoms with Crippen molar-refractivity contribution < 1.29 is 55.1 Å². The summed E-state index contributed by atoms with van der Waals surface area (Å²) in [4.78, 5) is -0.868. The third-order valence-corrected chi connectivity index (χ3v) is 5.08. The Morgan fingerprint density at radius 2 is 1.60 bits per heavy atom. The molecular formula is C10H12BrNaO6S2. The third-order valence-electron chi connectivity index (χ3n) is 2.33. The number of halogens is 1. The van der Waals surface area contributed by atoms with Crippen molar-refractivity contribution in [2.24, 2.45) is 0 Å². The van der Waals surface area contributed by atoms with Crippen LogP contribution in [0.2, 0.25) is 0 Å². The normalized spacial score (nSPS) is 12.0. The van der Waals surface area contributed by atoms with E-state index in [1.54, 1.807) is 0 Å². The van der Waals surface area contributed by atoms with Crippen LogP contribution in [0.15, 0.2) is 21.9 Å². The molecule has 0 bridgehead atoms. The summed E-state index contributed by atoms with van der Waals surface area (Å²) in [6.07, 6.45) is 0. The molecular weight excluding hydrogens is 383 g/mol. The monoisotopic (exact) mass is 394 g/mol. The zero-order valence-electron chi connectivity index (χ0n) is 11.2. The second-order valence-electron chi connectivity index (χ2n) is 3.80. The molecule has 0 fully saturated rings. The molecule has 108 valence electrons. The fourth-order valence-electron chi connectivity index (χ4n) is 1.56. The van der Waals surface area contributed by atoms with Crippen molar-refractivity contribution in [1.29, 1.82) is 0 Å². The van der Waals surface area contributed by atoms with E-state index in [4.69, 9.17) is 0 Å². The average Bonchev–Trinajstić information content (AvgIpc) is 2.24. The van der Waals surface area contributed by atoms with E-state index in [1.165, 1.54) is 19.9 Å². The fourth-order valence-corrected chi connectivity index (χ4v) is 3.87. The fraction of sp³-hybridized carbons (Fsp3) is 0.400. The molecule has 0 saturated heterocycles. The van der Waals surface area contributed by atoms with E-state index in [0.29, 0.717) is 10.9 Å². The summed E-state index contributed by atoms with van der Waals surface area (Å²) < 4.78 is 61.6. The summed E-state index contributed by atoms with van der Waals surface area (Å²) in [6, 6.07) is 2.17. The molecule has 0 aliphatic heterocycles. The summed E-state index contributed by atoms with van der Waals surface area (Å²) >= 11 is 3.02. The number of rotatable bonds is 5. The number of hydrogen-bond acceptors (Lipinski definition) is 6. The van der Waals surface area contributed by atoms with Crippen LogP contribution < -0.4 is 29.6 Å². The van der Waals surface area contributed by atoms with Crippen LogP contribution in [0.1, 0.15) is 11.1 Å². The van der Waals surface area contributed by atoms with Gasteiger partial charge in [0.1, 0.15) is 10.1 Å². The minimum atomic E-state index is -4.73. The maximum Gasteiger partial charge on any atom is 1.00 e. The quantitative estimate of drug-likeness (QED) is 0.255. The van der Waals surface area contributed by atoms with Gasteiger partial charge < -0.3 is 4.55 Å². The minimum Gasteiger partial charge on any atom is -0.744 e. The van der Waals surface area contributed by atoms with Crippen molar-refractivity contribution >= 4 is 36.2 Å². The third kappa shape index (κ3) is 5.06. The summed E-state index contributed by atoms with van der Waals surface area (Å²) in [6.45, 7) is 2.83. The Hall–Kier alpha value is 0.520. The van der Waals surface area contributed by atoms with E-state index >= 15 is 0 Å². The van der Waals surface area contributed by atoms with Gasteiger partial charge in [-0.3, -0.25) is 4.18 Å². The van der Waals surface area contributed by atoms with Crippen LogP contribution in [0.3, 0.4) is 0 Å². The van der Waals surface area contributed by atoms with E-state index < -0.39 is 25.1 Å². The van der Waals surface area contributed by atoms with Crippen molar-refractivity contribution in [1.82, 2.24) is 0 Å². The van der Waals surface area contributed by atoms with Crippen LogP contribution in [-0.4, -0.2) is 33.3 Å². The van der Waals surface area contributed by atoms with E-state index in [1.807, 2.05) is 0 Å². The van der Waals surface area contributed by atoms with Gasteiger partial charge in [0.15, 0.2) is 0 Å². The van der Waals surface area contributed by atoms with Crippen molar-refractivity contribution in [3.05, 3.63) is 23.3 Å².